The number of anilines is 1. The third-order valence-corrected chi connectivity index (χ3v) is 7.86. The molecule has 0 spiro atoms. The molecule has 0 bridgehead atoms. The SMILES string of the molecule is CCCCNCC(=O)Nc1ccc2c(c1O)C(=O)C1=C(O)[C@]3(O)C(=O)C(C(N)=O)=C(O)[C@@H](N(C)C)C3CC1C2.Cl.Cl. The van der Waals surface area contributed by atoms with Gasteiger partial charge in [0.2, 0.25) is 11.7 Å². The zero-order chi connectivity index (χ0) is 28.8. The number of Topliss-reactive ketones (excluding diaryl/α,β-unsaturated/α-hetero) is 2. The van der Waals surface area contributed by atoms with Crippen LogP contribution in [0, 0.1) is 11.8 Å². The van der Waals surface area contributed by atoms with Crippen molar-refractivity contribution in [3.05, 3.63) is 45.9 Å². The van der Waals surface area contributed by atoms with E-state index in [1.807, 2.05) is 6.92 Å². The molecule has 1 aromatic carbocycles. The number of carbonyl (C=O) groups is 4. The van der Waals surface area contributed by atoms with Crippen LogP contribution in [0.25, 0.3) is 0 Å². The minimum atomic E-state index is -2.70. The summed E-state index contributed by atoms with van der Waals surface area (Å²) in [5, 5.41) is 50.2. The first-order valence-corrected chi connectivity index (χ1v) is 12.9. The Labute approximate surface area is 249 Å². The monoisotopic (exact) mass is 614 g/mol. The van der Waals surface area contributed by atoms with Gasteiger partial charge in [0.25, 0.3) is 5.91 Å². The Balaban J connectivity index is 0.00000294. The van der Waals surface area contributed by atoms with Crippen molar-refractivity contribution in [1.82, 2.24) is 10.2 Å². The number of aromatic hydroxyl groups is 1. The number of hydrogen-bond acceptors (Lipinski definition) is 10. The smallest absolute Gasteiger partial charge is 0.255 e. The minimum Gasteiger partial charge on any atom is -0.510 e. The van der Waals surface area contributed by atoms with Gasteiger partial charge in [0, 0.05) is 11.5 Å². The van der Waals surface area contributed by atoms with Crippen molar-refractivity contribution in [2.75, 3.05) is 32.5 Å². The summed E-state index contributed by atoms with van der Waals surface area (Å²) in [7, 11) is 3.14. The number of nitrogens with zero attached hydrogens (tertiary/aromatic N) is 1. The summed E-state index contributed by atoms with van der Waals surface area (Å²) >= 11 is 0. The number of nitrogens with one attached hydrogen (secondary N) is 2. The van der Waals surface area contributed by atoms with Crippen LogP contribution in [0.2, 0.25) is 0 Å². The highest BCUT2D eigenvalue weighted by Gasteiger charge is 2.63. The lowest BCUT2D eigenvalue weighted by Crippen LogP contribution is -2.63. The summed E-state index contributed by atoms with van der Waals surface area (Å²) < 4.78 is 0. The molecule has 4 atom stereocenters. The number of phenolic OH excluding ortho intramolecular Hbond substituents is 1. The molecule has 1 aromatic rings. The molecule has 4 rings (SSSR count). The molecule has 14 heteroatoms. The van der Waals surface area contributed by atoms with Crippen molar-refractivity contribution < 1.29 is 39.6 Å². The first kappa shape index (κ1) is 34.0. The number of unbranched alkanes of at least 4 members (excludes halogenated alkanes) is 1. The number of likely N-dealkylation sites (N-methyl/N-ethyl adjacent to an activating group) is 1. The fourth-order valence-corrected chi connectivity index (χ4v) is 6.02. The van der Waals surface area contributed by atoms with Gasteiger partial charge in [-0.05, 0) is 57.5 Å². The van der Waals surface area contributed by atoms with E-state index in [1.165, 1.54) is 11.0 Å². The van der Waals surface area contributed by atoms with Gasteiger partial charge in [-0.2, -0.15) is 0 Å². The molecule has 0 aromatic heterocycles. The number of carbonyl (C=O) groups excluding carboxylic acids is 4. The van der Waals surface area contributed by atoms with Crippen molar-refractivity contribution in [3.63, 3.8) is 0 Å². The number of primary amides is 1. The number of fused-ring (bicyclic) bond motifs is 3. The topological polar surface area (TPSA) is 203 Å². The van der Waals surface area contributed by atoms with E-state index in [2.05, 4.69) is 10.6 Å². The van der Waals surface area contributed by atoms with Gasteiger partial charge in [0.05, 0.1) is 23.8 Å². The number of allylic oxidation sites excluding steroid dienone is 1. The lowest BCUT2D eigenvalue weighted by Gasteiger charge is -2.50. The molecule has 3 aliphatic carbocycles. The maximum absolute atomic E-state index is 13.7. The van der Waals surface area contributed by atoms with E-state index in [9.17, 15) is 39.6 Å². The van der Waals surface area contributed by atoms with E-state index < -0.39 is 69.7 Å². The Morgan fingerprint density at radius 1 is 1.15 bits per heavy atom. The number of rotatable bonds is 8. The summed E-state index contributed by atoms with van der Waals surface area (Å²) in [6, 6.07) is 2.03. The predicted molar refractivity (Wildman–Crippen MR) is 155 cm³/mol. The lowest BCUT2D eigenvalue weighted by molar-refractivity contribution is -0.148. The van der Waals surface area contributed by atoms with Gasteiger partial charge in [-0.3, -0.25) is 24.1 Å². The highest BCUT2D eigenvalue weighted by molar-refractivity contribution is 6.25. The molecule has 0 fully saturated rings. The Kier molecular flexibility index (Phi) is 10.6. The van der Waals surface area contributed by atoms with Crippen LogP contribution in [0.15, 0.2) is 34.8 Å². The van der Waals surface area contributed by atoms with Crippen LogP contribution in [0.4, 0.5) is 5.69 Å². The molecule has 2 amide bonds. The largest absolute Gasteiger partial charge is 0.510 e. The number of ketones is 2. The van der Waals surface area contributed by atoms with Crippen LogP contribution in [0.3, 0.4) is 0 Å². The average molecular weight is 616 g/mol. The molecule has 8 N–H and O–H groups in total. The molecule has 0 heterocycles. The molecule has 3 aliphatic rings. The third kappa shape index (κ3) is 5.54. The van der Waals surface area contributed by atoms with E-state index in [0.29, 0.717) is 12.1 Å². The molecular weight excluding hydrogens is 579 g/mol. The number of aliphatic hydroxyl groups excluding tert-OH is 2. The number of hydrogen-bond donors (Lipinski definition) is 7. The second-order valence-corrected chi connectivity index (χ2v) is 10.5. The van der Waals surface area contributed by atoms with Gasteiger partial charge in [-0.15, -0.1) is 24.8 Å². The van der Waals surface area contributed by atoms with Crippen LogP contribution in [0.5, 0.6) is 5.75 Å². The van der Waals surface area contributed by atoms with Gasteiger partial charge in [0.15, 0.2) is 17.1 Å². The molecule has 0 saturated heterocycles. The van der Waals surface area contributed by atoms with Crippen molar-refractivity contribution in [2.45, 2.75) is 44.2 Å². The van der Waals surface area contributed by atoms with E-state index in [-0.39, 0.29) is 61.0 Å². The van der Waals surface area contributed by atoms with E-state index >= 15 is 0 Å². The van der Waals surface area contributed by atoms with Gasteiger partial charge in [-0.1, -0.05) is 19.4 Å². The van der Waals surface area contributed by atoms with Crippen molar-refractivity contribution in [2.24, 2.45) is 17.6 Å². The third-order valence-electron chi connectivity index (χ3n) is 7.86. The molecule has 2 unspecified atom stereocenters. The van der Waals surface area contributed by atoms with Crippen LogP contribution >= 0.6 is 24.8 Å². The number of phenols is 1. The number of amides is 2. The molecule has 0 saturated carbocycles. The molecule has 12 nitrogen and oxygen atoms in total. The quantitative estimate of drug-likeness (QED) is 0.127. The van der Waals surface area contributed by atoms with Crippen LogP contribution < -0.4 is 16.4 Å². The van der Waals surface area contributed by atoms with E-state index in [1.54, 1.807) is 20.2 Å². The van der Waals surface area contributed by atoms with E-state index in [0.717, 1.165) is 12.8 Å². The number of benzene rings is 1. The molecule has 41 heavy (non-hydrogen) atoms. The van der Waals surface area contributed by atoms with Crippen molar-refractivity contribution in [3.8, 4) is 5.75 Å². The maximum Gasteiger partial charge on any atom is 0.255 e. The first-order valence-electron chi connectivity index (χ1n) is 12.9. The standard InChI is InChI=1S/C27H34N4O8.2ClH/c1-4-5-8-29-11-16(32)30-15-7-6-12-9-13-10-14-20(31(2)3)23(35)19(26(28)38)25(37)27(14,39)24(36)18(13)22(34)17(12)21(15)33;;/h6-7,13-14,20,29,33,35-36,39H,4-5,8-11H2,1-3H3,(H2,28,38)(H,30,32);2*1H/t13?,14?,20-,27-;;/m0../s1. The average Bonchev–Trinajstić information content (AvgIpc) is 2.85. The highest BCUT2D eigenvalue weighted by Crippen LogP contribution is 2.52. The fraction of sp³-hybridized carbons (Fsp3) is 0.481. The molecule has 226 valence electrons. The summed E-state index contributed by atoms with van der Waals surface area (Å²) in [6.07, 6.45) is 2.04. The lowest BCUT2D eigenvalue weighted by atomic mass is 9.58. The molecule has 0 radical (unpaired) electrons. The van der Waals surface area contributed by atoms with Gasteiger partial charge in [-0.25, -0.2) is 0 Å². The summed E-state index contributed by atoms with van der Waals surface area (Å²) in [6.45, 7) is 2.68. The van der Waals surface area contributed by atoms with Crippen LogP contribution in [0.1, 0.15) is 42.1 Å². The second kappa shape index (κ2) is 12.8. The van der Waals surface area contributed by atoms with Gasteiger partial charge < -0.3 is 36.8 Å². The zero-order valence-corrected chi connectivity index (χ0v) is 24.5. The maximum atomic E-state index is 13.7. The van der Waals surface area contributed by atoms with E-state index in [4.69, 9.17) is 5.73 Å². The summed E-state index contributed by atoms with van der Waals surface area (Å²) in [5.74, 6) is -7.60. The Bertz CT molecular complexity index is 1330. The normalized spacial score (nSPS) is 25.0. The molecular formula is C27H36Cl2N4O8. The van der Waals surface area contributed by atoms with Crippen molar-refractivity contribution >= 4 is 53.9 Å². The zero-order valence-electron chi connectivity index (χ0n) is 22.9. The Morgan fingerprint density at radius 3 is 2.39 bits per heavy atom. The Hall–Kier alpha value is -3.16. The van der Waals surface area contributed by atoms with Gasteiger partial charge >= 0.3 is 0 Å². The highest BCUT2D eigenvalue weighted by atomic mass is 35.5. The second-order valence-electron chi connectivity index (χ2n) is 10.5. The molecule has 0 aliphatic heterocycles. The first-order chi connectivity index (χ1) is 18.4. The van der Waals surface area contributed by atoms with Crippen molar-refractivity contribution in [1.29, 1.82) is 0 Å². The van der Waals surface area contributed by atoms with Crippen LogP contribution in [-0.2, 0) is 20.8 Å². The summed E-state index contributed by atoms with van der Waals surface area (Å²) in [5.41, 5.74) is 1.83. The number of aliphatic hydroxyl groups is 3. The van der Waals surface area contributed by atoms with Gasteiger partial charge in [0.1, 0.15) is 17.1 Å². The number of halogens is 2. The minimum absolute atomic E-state index is 0. The van der Waals surface area contributed by atoms with Crippen LogP contribution in [-0.4, -0.2) is 87.5 Å². The number of nitrogens with two attached hydrogens (primary N) is 1. The Morgan fingerprint density at radius 2 is 1.80 bits per heavy atom. The predicted octanol–water partition coefficient (Wildman–Crippen LogP) is 1.29. The fourth-order valence-electron chi connectivity index (χ4n) is 6.02. The summed E-state index contributed by atoms with van der Waals surface area (Å²) in [4.78, 5) is 52.9.